The molecule has 1 atom stereocenters. The molecule has 0 radical (unpaired) electrons. The molecule has 0 saturated carbocycles. The van der Waals surface area contributed by atoms with E-state index < -0.39 is 0 Å². The maximum Gasteiger partial charge on any atom is 0.251 e. The van der Waals surface area contributed by atoms with Crippen LogP contribution < -0.4 is 5.32 Å². The standard InChI is InChI=1S/C18H15N3O2S/c1-11(8-14-9-12-4-2-3-5-17(12)23-14)19-18(22)13-6-7-15-16(10-13)21-24-20-15/h2-7,9-11H,8H2,1H3,(H,19,22)/t11-/m1/s1. The monoisotopic (exact) mass is 337 g/mol. The van der Waals surface area contributed by atoms with E-state index in [-0.39, 0.29) is 11.9 Å². The Morgan fingerprint density at radius 3 is 2.88 bits per heavy atom. The first kappa shape index (κ1) is 14.8. The molecule has 0 aliphatic rings. The van der Waals surface area contributed by atoms with Gasteiger partial charge in [-0.15, -0.1) is 0 Å². The molecule has 5 nitrogen and oxygen atoms in total. The van der Waals surface area contributed by atoms with Crippen molar-refractivity contribution in [2.45, 2.75) is 19.4 Å². The molecule has 4 aromatic rings. The van der Waals surface area contributed by atoms with Gasteiger partial charge in [-0.1, -0.05) is 18.2 Å². The Morgan fingerprint density at radius 1 is 1.17 bits per heavy atom. The average Bonchev–Trinajstić information content (AvgIpc) is 3.19. The Kier molecular flexibility index (Phi) is 3.74. The Hall–Kier alpha value is -2.73. The van der Waals surface area contributed by atoms with Crippen LogP contribution in [-0.2, 0) is 6.42 Å². The third-order valence-electron chi connectivity index (χ3n) is 3.88. The number of aromatic nitrogens is 2. The highest BCUT2D eigenvalue weighted by Crippen LogP contribution is 2.20. The number of carbonyl (C=O) groups excluding carboxylic acids is 1. The first-order valence-corrected chi connectivity index (χ1v) is 8.43. The highest BCUT2D eigenvalue weighted by molar-refractivity contribution is 7.00. The number of hydrogen-bond donors (Lipinski definition) is 1. The van der Waals surface area contributed by atoms with Gasteiger partial charge in [0.25, 0.3) is 5.91 Å². The number of nitrogens with zero attached hydrogens (tertiary/aromatic N) is 2. The van der Waals surface area contributed by atoms with Crippen LogP contribution in [0.2, 0.25) is 0 Å². The van der Waals surface area contributed by atoms with Crippen molar-refractivity contribution in [2.24, 2.45) is 0 Å². The fraction of sp³-hybridized carbons (Fsp3) is 0.167. The minimum atomic E-state index is -0.117. The van der Waals surface area contributed by atoms with Crippen LogP contribution in [-0.4, -0.2) is 20.7 Å². The summed E-state index contributed by atoms with van der Waals surface area (Å²) in [7, 11) is 0. The van der Waals surface area contributed by atoms with Crippen LogP contribution in [0.3, 0.4) is 0 Å². The van der Waals surface area contributed by atoms with Gasteiger partial charge in [-0.3, -0.25) is 4.79 Å². The van der Waals surface area contributed by atoms with E-state index >= 15 is 0 Å². The maximum atomic E-state index is 12.4. The van der Waals surface area contributed by atoms with Crippen LogP contribution in [0.25, 0.3) is 22.0 Å². The number of hydrogen-bond acceptors (Lipinski definition) is 5. The highest BCUT2D eigenvalue weighted by Gasteiger charge is 2.13. The molecule has 24 heavy (non-hydrogen) atoms. The summed E-state index contributed by atoms with van der Waals surface area (Å²) >= 11 is 1.15. The summed E-state index contributed by atoms with van der Waals surface area (Å²) < 4.78 is 14.1. The van der Waals surface area contributed by atoms with Gasteiger partial charge in [-0.2, -0.15) is 8.75 Å². The lowest BCUT2D eigenvalue weighted by Crippen LogP contribution is -2.33. The molecule has 0 aliphatic heterocycles. The molecule has 1 amide bonds. The van der Waals surface area contributed by atoms with Crippen molar-refractivity contribution in [3.05, 3.63) is 59.9 Å². The fourth-order valence-corrected chi connectivity index (χ4v) is 3.24. The molecule has 0 spiro atoms. The smallest absolute Gasteiger partial charge is 0.251 e. The predicted octanol–water partition coefficient (Wildman–Crippen LogP) is 3.80. The van der Waals surface area contributed by atoms with E-state index in [2.05, 4.69) is 14.1 Å². The molecule has 6 heteroatoms. The van der Waals surface area contributed by atoms with Crippen molar-refractivity contribution >= 4 is 39.6 Å². The molecule has 4 rings (SSSR count). The fourth-order valence-electron chi connectivity index (χ4n) is 2.72. The summed E-state index contributed by atoms with van der Waals surface area (Å²) in [6.45, 7) is 1.97. The summed E-state index contributed by atoms with van der Waals surface area (Å²) in [5.41, 5.74) is 3.02. The normalized spacial score (nSPS) is 12.5. The predicted molar refractivity (Wildman–Crippen MR) is 94.3 cm³/mol. The summed E-state index contributed by atoms with van der Waals surface area (Å²) in [4.78, 5) is 12.4. The van der Waals surface area contributed by atoms with E-state index in [1.165, 1.54) is 0 Å². The zero-order valence-electron chi connectivity index (χ0n) is 13.0. The molecule has 0 fully saturated rings. The van der Waals surface area contributed by atoms with Gasteiger partial charge in [0, 0.05) is 23.4 Å². The minimum absolute atomic E-state index is 0.0395. The Balaban J connectivity index is 1.46. The van der Waals surface area contributed by atoms with E-state index in [9.17, 15) is 4.79 Å². The van der Waals surface area contributed by atoms with Crippen LogP contribution in [0.5, 0.6) is 0 Å². The van der Waals surface area contributed by atoms with E-state index in [1.54, 1.807) is 12.1 Å². The second kappa shape index (κ2) is 6.05. The van der Waals surface area contributed by atoms with Crippen molar-refractivity contribution in [3.63, 3.8) is 0 Å². The topological polar surface area (TPSA) is 68.0 Å². The highest BCUT2D eigenvalue weighted by atomic mass is 32.1. The molecule has 0 aliphatic carbocycles. The zero-order chi connectivity index (χ0) is 16.5. The van der Waals surface area contributed by atoms with Crippen molar-refractivity contribution in [1.29, 1.82) is 0 Å². The van der Waals surface area contributed by atoms with Gasteiger partial charge < -0.3 is 9.73 Å². The van der Waals surface area contributed by atoms with Gasteiger partial charge in [0.15, 0.2) is 0 Å². The van der Waals surface area contributed by atoms with Gasteiger partial charge in [0.05, 0.1) is 11.7 Å². The van der Waals surface area contributed by atoms with Crippen molar-refractivity contribution in [3.8, 4) is 0 Å². The molecule has 1 N–H and O–H groups in total. The number of furan rings is 1. The van der Waals surface area contributed by atoms with E-state index in [0.29, 0.717) is 12.0 Å². The molecule has 2 aromatic heterocycles. The molecular weight excluding hydrogens is 322 g/mol. The molecule has 0 bridgehead atoms. The van der Waals surface area contributed by atoms with Crippen LogP contribution in [0.15, 0.2) is 52.9 Å². The van der Waals surface area contributed by atoms with E-state index in [1.807, 2.05) is 43.3 Å². The van der Waals surface area contributed by atoms with Crippen LogP contribution in [0, 0.1) is 0 Å². The summed E-state index contributed by atoms with van der Waals surface area (Å²) in [6, 6.07) is 15.2. The number of amides is 1. The second-order valence-electron chi connectivity index (χ2n) is 5.80. The number of para-hydroxylation sites is 1. The SMILES string of the molecule is C[C@H](Cc1cc2ccccc2o1)NC(=O)c1ccc2nsnc2c1. The Morgan fingerprint density at radius 2 is 2.00 bits per heavy atom. The van der Waals surface area contributed by atoms with Crippen molar-refractivity contribution < 1.29 is 9.21 Å². The second-order valence-corrected chi connectivity index (χ2v) is 6.33. The summed E-state index contributed by atoms with van der Waals surface area (Å²) in [5, 5.41) is 4.08. The maximum absolute atomic E-state index is 12.4. The van der Waals surface area contributed by atoms with Crippen molar-refractivity contribution in [2.75, 3.05) is 0 Å². The first-order chi connectivity index (χ1) is 11.7. The van der Waals surface area contributed by atoms with Gasteiger partial charge >= 0.3 is 0 Å². The zero-order valence-corrected chi connectivity index (χ0v) is 13.8. The van der Waals surface area contributed by atoms with Gasteiger partial charge in [-0.25, -0.2) is 0 Å². The minimum Gasteiger partial charge on any atom is -0.461 e. The summed E-state index contributed by atoms with van der Waals surface area (Å²) in [6.07, 6.45) is 0.640. The number of benzene rings is 2. The number of fused-ring (bicyclic) bond motifs is 2. The largest absolute Gasteiger partial charge is 0.461 e. The Bertz CT molecular complexity index is 988. The lowest BCUT2D eigenvalue weighted by atomic mass is 10.1. The van der Waals surface area contributed by atoms with E-state index in [4.69, 9.17) is 4.42 Å². The number of rotatable bonds is 4. The molecule has 0 saturated heterocycles. The third-order valence-corrected chi connectivity index (χ3v) is 4.43. The molecule has 2 heterocycles. The first-order valence-electron chi connectivity index (χ1n) is 7.70. The van der Waals surface area contributed by atoms with E-state index in [0.717, 1.165) is 39.5 Å². The quantitative estimate of drug-likeness (QED) is 0.615. The molecule has 0 unspecified atom stereocenters. The number of carbonyl (C=O) groups is 1. The summed E-state index contributed by atoms with van der Waals surface area (Å²) in [5.74, 6) is 0.747. The van der Waals surface area contributed by atoms with Crippen LogP contribution in [0.1, 0.15) is 23.0 Å². The Labute approximate surface area is 142 Å². The van der Waals surface area contributed by atoms with Crippen molar-refractivity contribution in [1.82, 2.24) is 14.1 Å². The third kappa shape index (κ3) is 2.88. The van der Waals surface area contributed by atoms with Crippen LogP contribution in [0.4, 0.5) is 0 Å². The van der Waals surface area contributed by atoms with Gasteiger partial charge in [0.1, 0.15) is 22.4 Å². The molecular formula is C18H15N3O2S. The number of nitrogens with one attached hydrogen (secondary N) is 1. The molecule has 2 aromatic carbocycles. The molecule has 120 valence electrons. The van der Waals surface area contributed by atoms with Crippen LogP contribution >= 0.6 is 11.7 Å². The lowest BCUT2D eigenvalue weighted by Gasteiger charge is -2.12. The lowest BCUT2D eigenvalue weighted by molar-refractivity contribution is 0.0939. The van der Waals surface area contributed by atoms with Gasteiger partial charge in [-0.05, 0) is 37.3 Å². The van der Waals surface area contributed by atoms with Gasteiger partial charge in [0.2, 0.25) is 0 Å². The average molecular weight is 337 g/mol.